The summed E-state index contributed by atoms with van der Waals surface area (Å²) in [6.07, 6.45) is 8.08. The maximum absolute atomic E-state index is 4.64. The second-order valence-corrected chi connectivity index (χ2v) is 7.45. The average molecular weight is 353 g/mol. The third kappa shape index (κ3) is 2.96. The topological polar surface area (TPSA) is 54.5 Å². The maximum atomic E-state index is 4.64. The van der Waals surface area contributed by atoms with Crippen LogP contribution in [0.2, 0.25) is 0 Å². The summed E-state index contributed by atoms with van der Waals surface area (Å²) >= 11 is 0. The van der Waals surface area contributed by atoms with Gasteiger partial charge in [0.2, 0.25) is 0 Å². The summed E-state index contributed by atoms with van der Waals surface area (Å²) < 4.78 is 3.93. The smallest absolute Gasteiger partial charge is 0.154 e. The lowest BCUT2D eigenvalue weighted by Gasteiger charge is -2.41. The lowest BCUT2D eigenvalue weighted by atomic mass is 9.87. The second kappa shape index (κ2) is 6.72. The Bertz CT molecular complexity index is 896. The van der Waals surface area contributed by atoms with Gasteiger partial charge in [0.15, 0.2) is 5.82 Å². The zero-order valence-corrected chi connectivity index (χ0v) is 16.0. The Balaban J connectivity index is 1.62. The van der Waals surface area contributed by atoms with Crippen LogP contribution in [0.3, 0.4) is 0 Å². The van der Waals surface area contributed by atoms with Crippen LogP contribution >= 0.6 is 0 Å². The fraction of sp³-hybridized carbons (Fsp3) is 0.526. The van der Waals surface area contributed by atoms with Crippen molar-refractivity contribution in [2.75, 3.05) is 32.1 Å². The van der Waals surface area contributed by atoms with Gasteiger partial charge in [-0.05, 0) is 51.4 Å². The summed E-state index contributed by atoms with van der Waals surface area (Å²) in [6.45, 7) is 4.11. The van der Waals surface area contributed by atoms with Crippen molar-refractivity contribution in [3.63, 3.8) is 0 Å². The molecule has 0 saturated carbocycles. The quantitative estimate of drug-likeness (QED) is 0.720. The van der Waals surface area contributed by atoms with Gasteiger partial charge in [-0.1, -0.05) is 0 Å². The van der Waals surface area contributed by atoms with E-state index in [1.165, 1.54) is 18.5 Å². The molecule has 0 amide bonds. The van der Waals surface area contributed by atoms with Gasteiger partial charge in [-0.2, -0.15) is 10.2 Å². The molecule has 1 fully saturated rings. The third-order valence-corrected chi connectivity index (χ3v) is 5.53. The lowest BCUT2D eigenvalue weighted by Crippen LogP contribution is -2.42. The van der Waals surface area contributed by atoms with Crippen LogP contribution in [0.1, 0.15) is 30.3 Å². The summed E-state index contributed by atoms with van der Waals surface area (Å²) in [7, 11) is 6.40. The molecule has 1 saturated heterocycles. The van der Waals surface area contributed by atoms with Crippen LogP contribution in [-0.4, -0.2) is 56.5 Å². The molecule has 0 radical (unpaired) electrons. The van der Waals surface area contributed by atoms with Crippen molar-refractivity contribution in [3.05, 3.63) is 42.1 Å². The molecule has 0 N–H and O–H groups in total. The summed E-state index contributed by atoms with van der Waals surface area (Å²) in [5, 5.41) is 8.91. The molecule has 0 bridgehead atoms. The number of piperidine rings is 1. The highest BCUT2D eigenvalue weighted by Gasteiger charge is 2.33. The number of nitrogens with zero attached hydrogens (tertiary/aromatic N) is 7. The first-order valence-electron chi connectivity index (χ1n) is 9.25. The summed E-state index contributed by atoms with van der Waals surface area (Å²) in [5.74, 6) is 1.52. The van der Waals surface area contributed by atoms with E-state index in [1.54, 1.807) is 0 Å². The molecule has 3 aromatic heterocycles. The standard InChI is InChI=1S/C19H27N7/c1-14-12-17-19(20-9-11-26(17)22-14)24(3)13-15-6-5-10-23(2)18(15)16-7-8-21-25(16)4/h7-9,11-12,15,18H,5-6,10,13H2,1-4H3/t15-,18+/m0/s1. The third-order valence-electron chi connectivity index (χ3n) is 5.53. The van der Waals surface area contributed by atoms with Crippen LogP contribution < -0.4 is 4.90 Å². The number of rotatable bonds is 4. The van der Waals surface area contributed by atoms with Gasteiger partial charge in [0.1, 0.15) is 5.52 Å². The molecule has 0 spiro atoms. The molecule has 7 nitrogen and oxygen atoms in total. The number of aromatic nitrogens is 5. The molecule has 4 heterocycles. The molecule has 0 aromatic carbocycles. The molecular formula is C19H27N7. The van der Waals surface area contributed by atoms with Gasteiger partial charge in [-0.15, -0.1) is 0 Å². The molecule has 3 aromatic rings. The largest absolute Gasteiger partial charge is 0.358 e. The minimum absolute atomic E-state index is 0.380. The normalized spacial score (nSPS) is 21.4. The molecule has 138 valence electrons. The zero-order chi connectivity index (χ0) is 18.3. The van der Waals surface area contributed by atoms with Crippen LogP contribution in [0.4, 0.5) is 5.82 Å². The first-order valence-corrected chi connectivity index (χ1v) is 9.25. The minimum Gasteiger partial charge on any atom is -0.358 e. The molecule has 1 aliphatic rings. The van der Waals surface area contributed by atoms with Crippen molar-refractivity contribution in [2.24, 2.45) is 13.0 Å². The predicted octanol–water partition coefficient (Wildman–Crippen LogP) is 2.29. The monoisotopic (exact) mass is 353 g/mol. The van der Waals surface area contributed by atoms with E-state index in [2.05, 4.69) is 51.2 Å². The Morgan fingerprint density at radius 2 is 2.12 bits per heavy atom. The van der Waals surface area contributed by atoms with Crippen molar-refractivity contribution in [2.45, 2.75) is 25.8 Å². The highest BCUT2D eigenvalue weighted by Crippen LogP contribution is 2.36. The van der Waals surface area contributed by atoms with E-state index in [0.29, 0.717) is 12.0 Å². The second-order valence-electron chi connectivity index (χ2n) is 7.45. The van der Waals surface area contributed by atoms with E-state index in [4.69, 9.17) is 0 Å². The number of hydrogen-bond acceptors (Lipinski definition) is 5. The maximum Gasteiger partial charge on any atom is 0.154 e. The number of fused-ring (bicyclic) bond motifs is 1. The van der Waals surface area contributed by atoms with Gasteiger partial charge >= 0.3 is 0 Å². The van der Waals surface area contributed by atoms with Crippen molar-refractivity contribution in [1.82, 2.24) is 29.3 Å². The van der Waals surface area contributed by atoms with E-state index in [1.807, 2.05) is 41.8 Å². The van der Waals surface area contributed by atoms with Crippen LogP contribution in [0.15, 0.2) is 30.7 Å². The Kier molecular flexibility index (Phi) is 4.40. The SMILES string of the molecule is Cc1cc2c(N(C)C[C@@H]3CCCN(C)[C@H]3c3ccnn3C)nccn2n1. The number of likely N-dealkylation sites (tertiary alicyclic amines) is 1. The summed E-state index contributed by atoms with van der Waals surface area (Å²) in [6, 6.07) is 4.63. The van der Waals surface area contributed by atoms with Crippen molar-refractivity contribution in [3.8, 4) is 0 Å². The van der Waals surface area contributed by atoms with Crippen molar-refractivity contribution in [1.29, 1.82) is 0 Å². The number of aryl methyl sites for hydroxylation is 2. The van der Waals surface area contributed by atoms with Crippen LogP contribution in [-0.2, 0) is 7.05 Å². The molecule has 0 aliphatic carbocycles. The molecular weight excluding hydrogens is 326 g/mol. The predicted molar refractivity (Wildman–Crippen MR) is 102 cm³/mol. The average Bonchev–Trinajstić information content (AvgIpc) is 3.19. The first kappa shape index (κ1) is 17.0. The highest BCUT2D eigenvalue weighted by molar-refractivity contribution is 5.68. The Morgan fingerprint density at radius 3 is 2.88 bits per heavy atom. The minimum atomic E-state index is 0.380. The molecule has 2 atom stereocenters. The highest BCUT2D eigenvalue weighted by atomic mass is 15.3. The van der Waals surface area contributed by atoms with Gasteiger partial charge < -0.3 is 4.90 Å². The molecule has 0 unspecified atom stereocenters. The number of anilines is 1. The van der Waals surface area contributed by atoms with E-state index in [9.17, 15) is 0 Å². The first-order chi connectivity index (χ1) is 12.5. The van der Waals surface area contributed by atoms with Crippen LogP contribution in [0.5, 0.6) is 0 Å². The summed E-state index contributed by atoms with van der Waals surface area (Å²) in [4.78, 5) is 9.39. The van der Waals surface area contributed by atoms with Crippen molar-refractivity contribution < 1.29 is 0 Å². The van der Waals surface area contributed by atoms with Gasteiger partial charge in [0.25, 0.3) is 0 Å². The molecule has 4 rings (SSSR count). The van der Waals surface area contributed by atoms with Crippen molar-refractivity contribution >= 4 is 11.3 Å². The molecule has 7 heteroatoms. The fourth-order valence-corrected chi connectivity index (χ4v) is 4.36. The van der Waals surface area contributed by atoms with Crippen LogP contribution in [0.25, 0.3) is 5.52 Å². The lowest BCUT2D eigenvalue weighted by molar-refractivity contribution is 0.118. The van der Waals surface area contributed by atoms with E-state index < -0.39 is 0 Å². The van der Waals surface area contributed by atoms with Gasteiger partial charge in [0.05, 0.1) is 17.4 Å². The Labute approximate surface area is 154 Å². The van der Waals surface area contributed by atoms with Gasteiger partial charge in [-0.25, -0.2) is 9.50 Å². The molecule has 26 heavy (non-hydrogen) atoms. The zero-order valence-electron chi connectivity index (χ0n) is 16.0. The molecule has 1 aliphatic heterocycles. The summed E-state index contributed by atoms with van der Waals surface area (Å²) in [5.41, 5.74) is 3.36. The van der Waals surface area contributed by atoms with E-state index in [0.717, 1.165) is 30.1 Å². The van der Waals surface area contributed by atoms with Gasteiger partial charge in [0, 0.05) is 39.2 Å². The Hall–Kier alpha value is -2.41. The number of hydrogen-bond donors (Lipinski definition) is 0. The fourth-order valence-electron chi connectivity index (χ4n) is 4.36. The van der Waals surface area contributed by atoms with Gasteiger partial charge in [-0.3, -0.25) is 9.58 Å². The Morgan fingerprint density at radius 1 is 1.27 bits per heavy atom. The van der Waals surface area contributed by atoms with E-state index in [-0.39, 0.29) is 0 Å². The van der Waals surface area contributed by atoms with Crippen LogP contribution in [0, 0.1) is 12.8 Å². The van der Waals surface area contributed by atoms with E-state index >= 15 is 0 Å².